The number of anilines is 3. The van der Waals surface area contributed by atoms with E-state index in [9.17, 15) is 9.18 Å². The van der Waals surface area contributed by atoms with E-state index in [0.717, 1.165) is 11.5 Å². The molecule has 0 aliphatic carbocycles. The molecule has 3 aromatic rings. The molecular weight excluding hydrogens is 387 g/mol. The summed E-state index contributed by atoms with van der Waals surface area (Å²) in [5, 5.41) is 11.7. The van der Waals surface area contributed by atoms with Gasteiger partial charge in [-0.1, -0.05) is 0 Å². The minimum absolute atomic E-state index is 0.0686. The number of rotatable bonds is 6. The average molecular weight is 408 g/mol. The van der Waals surface area contributed by atoms with Crippen LogP contribution in [-0.4, -0.2) is 58.8 Å². The lowest BCUT2D eigenvalue weighted by molar-refractivity contribution is -0.133. The van der Waals surface area contributed by atoms with Gasteiger partial charge in [0.2, 0.25) is 0 Å². The molecule has 3 heterocycles. The van der Waals surface area contributed by atoms with Crippen molar-refractivity contribution in [1.82, 2.24) is 20.1 Å². The second-order valence-electron chi connectivity index (χ2n) is 6.75. The van der Waals surface area contributed by atoms with Gasteiger partial charge in [-0.3, -0.25) is 9.78 Å². The summed E-state index contributed by atoms with van der Waals surface area (Å²) in [5.74, 6) is 1.46. The van der Waals surface area contributed by atoms with Crippen LogP contribution in [0, 0.1) is 5.82 Å². The number of benzene rings is 1. The van der Waals surface area contributed by atoms with E-state index < -0.39 is 0 Å². The highest BCUT2D eigenvalue weighted by Crippen LogP contribution is 2.17. The topological polar surface area (TPSA) is 83.5 Å². The number of carbonyl (C=O) groups is 1. The number of aromatic nitrogens is 3. The highest BCUT2D eigenvalue weighted by molar-refractivity contribution is 5.78. The Hall–Kier alpha value is -3.75. The Morgan fingerprint density at radius 2 is 1.70 bits per heavy atom. The fraction of sp³-hybridized carbons (Fsp3) is 0.238. The molecule has 154 valence electrons. The molecule has 30 heavy (non-hydrogen) atoms. The van der Waals surface area contributed by atoms with Crippen LogP contribution in [0.1, 0.15) is 0 Å². The average Bonchev–Trinajstić information content (AvgIpc) is 2.80. The monoisotopic (exact) mass is 408 g/mol. The van der Waals surface area contributed by atoms with E-state index in [0.29, 0.717) is 37.7 Å². The summed E-state index contributed by atoms with van der Waals surface area (Å²) in [5.41, 5.74) is 0.891. The Morgan fingerprint density at radius 1 is 0.967 bits per heavy atom. The zero-order chi connectivity index (χ0) is 20.8. The van der Waals surface area contributed by atoms with Crippen molar-refractivity contribution in [3.8, 4) is 5.75 Å². The molecule has 0 saturated carbocycles. The van der Waals surface area contributed by atoms with Crippen molar-refractivity contribution in [3.05, 3.63) is 66.7 Å². The number of ether oxygens (including phenoxy) is 1. The maximum atomic E-state index is 12.9. The van der Waals surface area contributed by atoms with E-state index in [1.807, 2.05) is 24.3 Å². The summed E-state index contributed by atoms with van der Waals surface area (Å²) in [6, 6.07) is 13.1. The van der Waals surface area contributed by atoms with Crippen LogP contribution in [0.4, 0.5) is 21.7 Å². The number of nitrogens with one attached hydrogen (secondary N) is 1. The summed E-state index contributed by atoms with van der Waals surface area (Å²) in [4.78, 5) is 20.2. The fourth-order valence-corrected chi connectivity index (χ4v) is 3.10. The van der Waals surface area contributed by atoms with Crippen LogP contribution in [0.5, 0.6) is 5.75 Å². The largest absolute Gasteiger partial charge is 0.484 e. The van der Waals surface area contributed by atoms with Gasteiger partial charge in [0.05, 0.1) is 0 Å². The van der Waals surface area contributed by atoms with Gasteiger partial charge in [-0.05, 0) is 48.5 Å². The normalized spacial score (nSPS) is 13.8. The molecule has 0 bridgehead atoms. The molecule has 2 aromatic heterocycles. The summed E-state index contributed by atoms with van der Waals surface area (Å²) >= 11 is 0. The van der Waals surface area contributed by atoms with Crippen molar-refractivity contribution in [2.75, 3.05) is 43.0 Å². The van der Waals surface area contributed by atoms with Crippen molar-refractivity contribution >= 4 is 23.2 Å². The smallest absolute Gasteiger partial charge is 0.260 e. The molecule has 9 heteroatoms. The molecule has 1 aromatic carbocycles. The predicted molar refractivity (Wildman–Crippen MR) is 110 cm³/mol. The first-order valence-electron chi connectivity index (χ1n) is 9.59. The number of halogens is 1. The molecule has 1 aliphatic heterocycles. The highest BCUT2D eigenvalue weighted by atomic mass is 19.1. The molecule has 0 atom stereocenters. The lowest BCUT2D eigenvalue weighted by Crippen LogP contribution is -2.50. The van der Waals surface area contributed by atoms with Crippen LogP contribution in [0.2, 0.25) is 0 Å². The minimum atomic E-state index is -0.339. The van der Waals surface area contributed by atoms with Gasteiger partial charge in [-0.25, -0.2) is 4.39 Å². The van der Waals surface area contributed by atoms with E-state index in [2.05, 4.69) is 25.4 Å². The number of nitrogens with zero attached hydrogens (tertiary/aromatic N) is 5. The van der Waals surface area contributed by atoms with Crippen LogP contribution in [-0.2, 0) is 4.79 Å². The van der Waals surface area contributed by atoms with Crippen LogP contribution < -0.4 is 15.0 Å². The number of pyridine rings is 1. The molecule has 1 amide bonds. The highest BCUT2D eigenvalue weighted by Gasteiger charge is 2.22. The van der Waals surface area contributed by atoms with Gasteiger partial charge in [-0.2, -0.15) is 0 Å². The van der Waals surface area contributed by atoms with Crippen LogP contribution >= 0.6 is 0 Å². The number of piperazine rings is 1. The number of carbonyl (C=O) groups excluding carboxylic acids is 1. The van der Waals surface area contributed by atoms with Gasteiger partial charge in [0.25, 0.3) is 5.91 Å². The maximum Gasteiger partial charge on any atom is 0.260 e. The number of hydrogen-bond donors (Lipinski definition) is 1. The zero-order valence-electron chi connectivity index (χ0n) is 16.2. The standard InChI is InChI=1S/C21H21FN6O2/c22-16-1-3-18(4-2-16)30-15-21(29)28-13-11-27(12-14-28)20-6-5-19(25-26-20)24-17-7-9-23-10-8-17/h1-10H,11-15H2,(H,23,24,25). The molecule has 8 nitrogen and oxygen atoms in total. The first-order chi connectivity index (χ1) is 14.7. The van der Waals surface area contributed by atoms with Gasteiger partial charge in [0.15, 0.2) is 18.2 Å². The maximum absolute atomic E-state index is 12.9. The van der Waals surface area contributed by atoms with Crippen molar-refractivity contribution < 1.29 is 13.9 Å². The summed E-state index contributed by atoms with van der Waals surface area (Å²) in [6.45, 7) is 2.40. The molecule has 1 saturated heterocycles. The Morgan fingerprint density at radius 3 is 2.37 bits per heavy atom. The predicted octanol–water partition coefficient (Wildman–Crippen LogP) is 2.48. The van der Waals surface area contributed by atoms with E-state index >= 15 is 0 Å². The molecule has 1 fully saturated rings. The minimum Gasteiger partial charge on any atom is -0.484 e. The Bertz CT molecular complexity index is 961. The first kappa shape index (κ1) is 19.6. The molecular formula is C21H21FN6O2. The third-order valence-electron chi connectivity index (χ3n) is 4.74. The summed E-state index contributed by atoms with van der Waals surface area (Å²) in [6.07, 6.45) is 3.41. The first-order valence-corrected chi connectivity index (χ1v) is 9.59. The van der Waals surface area contributed by atoms with Crippen molar-refractivity contribution in [3.63, 3.8) is 0 Å². The number of amides is 1. The van der Waals surface area contributed by atoms with Crippen molar-refractivity contribution in [2.45, 2.75) is 0 Å². The fourth-order valence-electron chi connectivity index (χ4n) is 3.10. The van der Waals surface area contributed by atoms with Gasteiger partial charge < -0.3 is 19.9 Å². The van der Waals surface area contributed by atoms with Gasteiger partial charge in [0, 0.05) is 44.3 Å². The molecule has 0 radical (unpaired) electrons. The van der Waals surface area contributed by atoms with Crippen LogP contribution in [0.15, 0.2) is 60.9 Å². The Balaban J connectivity index is 1.25. The van der Waals surface area contributed by atoms with Crippen LogP contribution in [0.25, 0.3) is 0 Å². The van der Waals surface area contributed by atoms with E-state index in [1.54, 1.807) is 17.3 Å². The molecule has 1 aliphatic rings. The van der Waals surface area contributed by atoms with E-state index in [1.165, 1.54) is 24.3 Å². The Labute approximate surface area is 173 Å². The lowest BCUT2D eigenvalue weighted by atomic mass is 10.3. The molecule has 4 rings (SSSR count). The SMILES string of the molecule is O=C(COc1ccc(F)cc1)N1CCN(c2ccc(Nc3ccncc3)nn2)CC1. The van der Waals surface area contributed by atoms with Crippen molar-refractivity contribution in [1.29, 1.82) is 0 Å². The summed E-state index contributed by atoms with van der Waals surface area (Å²) in [7, 11) is 0. The second kappa shape index (κ2) is 9.17. The summed E-state index contributed by atoms with van der Waals surface area (Å²) < 4.78 is 18.4. The second-order valence-corrected chi connectivity index (χ2v) is 6.75. The molecule has 0 unspecified atom stereocenters. The van der Waals surface area contributed by atoms with E-state index in [-0.39, 0.29) is 18.3 Å². The van der Waals surface area contributed by atoms with Gasteiger partial charge in [0.1, 0.15) is 11.6 Å². The quantitative estimate of drug-likeness (QED) is 0.671. The molecule has 1 N–H and O–H groups in total. The van der Waals surface area contributed by atoms with Gasteiger partial charge >= 0.3 is 0 Å². The van der Waals surface area contributed by atoms with Crippen LogP contribution in [0.3, 0.4) is 0 Å². The third-order valence-corrected chi connectivity index (χ3v) is 4.74. The molecule has 0 spiro atoms. The Kier molecular flexibility index (Phi) is 5.98. The number of hydrogen-bond acceptors (Lipinski definition) is 7. The lowest BCUT2D eigenvalue weighted by Gasteiger charge is -2.35. The van der Waals surface area contributed by atoms with E-state index in [4.69, 9.17) is 4.74 Å². The van der Waals surface area contributed by atoms with Crippen molar-refractivity contribution in [2.24, 2.45) is 0 Å². The third kappa shape index (κ3) is 4.99. The zero-order valence-corrected chi connectivity index (χ0v) is 16.2. The van der Waals surface area contributed by atoms with Gasteiger partial charge in [-0.15, -0.1) is 10.2 Å².